The van der Waals surface area contributed by atoms with E-state index in [1.165, 1.54) is 6.20 Å². The average Bonchev–Trinajstić information content (AvgIpc) is 2.48. The Hall–Kier alpha value is -1.30. The van der Waals surface area contributed by atoms with Gasteiger partial charge in [-0.25, -0.2) is 4.98 Å². The summed E-state index contributed by atoms with van der Waals surface area (Å²) >= 11 is 0. The maximum absolute atomic E-state index is 12.7. The third-order valence-electron chi connectivity index (χ3n) is 4.33. The van der Waals surface area contributed by atoms with Gasteiger partial charge in [0.05, 0.1) is 11.7 Å². The molecule has 2 heterocycles. The second-order valence-electron chi connectivity index (χ2n) is 5.78. The van der Waals surface area contributed by atoms with Crippen LogP contribution in [0.2, 0.25) is 0 Å². The van der Waals surface area contributed by atoms with Gasteiger partial charge in [-0.1, -0.05) is 26.7 Å². The molecule has 1 aromatic heterocycles. The Morgan fingerprint density at radius 1 is 1.36 bits per heavy atom. The molecule has 124 valence electrons. The number of alkyl halides is 3. The highest BCUT2D eigenvalue weighted by molar-refractivity contribution is 5.39. The molecule has 1 aliphatic heterocycles. The molecule has 0 saturated carbocycles. The second kappa shape index (κ2) is 7.31. The number of hydrogen-bond donors (Lipinski definition) is 1. The SMILES string of the molecule is CCC(CC)C1CC(Nc2cc(C(F)(F)F)ccn2)CCO1. The van der Waals surface area contributed by atoms with Gasteiger partial charge in [-0.3, -0.25) is 0 Å². The summed E-state index contributed by atoms with van der Waals surface area (Å²) in [7, 11) is 0. The zero-order valence-corrected chi connectivity index (χ0v) is 13.0. The third kappa shape index (κ3) is 4.35. The molecule has 1 aliphatic rings. The van der Waals surface area contributed by atoms with E-state index in [2.05, 4.69) is 24.1 Å². The van der Waals surface area contributed by atoms with Gasteiger partial charge in [-0.2, -0.15) is 13.2 Å². The molecule has 0 radical (unpaired) electrons. The standard InChI is InChI=1S/C16H23F3N2O/c1-3-11(4-2)14-10-13(6-8-22-14)21-15-9-12(5-7-20-15)16(17,18)19/h5,7,9,11,13-14H,3-4,6,8,10H2,1-2H3,(H,20,21). The molecule has 3 nitrogen and oxygen atoms in total. The topological polar surface area (TPSA) is 34.2 Å². The molecule has 6 heteroatoms. The summed E-state index contributed by atoms with van der Waals surface area (Å²) in [5, 5.41) is 3.14. The number of halogens is 3. The molecule has 0 aromatic carbocycles. The van der Waals surface area contributed by atoms with Gasteiger partial charge in [0.25, 0.3) is 0 Å². The Balaban J connectivity index is 2.01. The summed E-state index contributed by atoms with van der Waals surface area (Å²) in [5.41, 5.74) is -0.673. The number of pyridine rings is 1. The van der Waals surface area contributed by atoms with E-state index >= 15 is 0 Å². The van der Waals surface area contributed by atoms with Gasteiger partial charge in [0, 0.05) is 18.8 Å². The Labute approximate surface area is 129 Å². The summed E-state index contributed by atoms with van der Waals surface area (Å²) in [6.07, 6.45) is 0.729. The highest BCUT2D eigenvalue weighted by atomic mass is 19.4. The zero-order valence-electron chi connectivity index (χ0n) is 13.0. The van der Waals surface area contributed by atoms with Crippen molar-refractivity contribution >= 4 is 5.82 Å². The first-order valence-corrected chi connectivity index (χ1v) is 7.85. The monoisotopic (exact) mass is 316 g/mol. The minimum atomic E-state index is -4.34. The molecule has 2 rings (SSSR count). The first-order valence-electron chi connectivity index (χ1n) is 7.85. The molecule has 2 atom stereocenters. The van der Waals surface area contributed by atoms with E-state index in [9.17, 15) is 13.2 Å². The van der Waals surface area contributed by atoms with Crippen LogP contribution in [0, 0.1) is 5.92 Å². The predicted octanol–water partition coefficient (Wildman–Crippen LogP) is 4.50. The highest BCUT2D eigenvalue weighted by Crippen LogP contribution is 2.31. The molecule has 1 fully saturated rings. The Morgan fingerprint density at radius 3 is 2.73 bits per heavy atom. The van der Waals surface area contributed by atoms with Crippen molar-refractivity contribution in [3.8, 4) is 0 Å². The van der Waals surface area contributed by atoms with Crippen molar-refractivity contribution in [3.05, 3.63) is 23.9 Å². The zero-order chi connectivity index (χ0) is 16.2. The van der Waals surface area contributed by atoms with Crippen LogP contribution in [0.1, 0.15) is 45.1 Å². The Morgan fingerprint density at radius 2 is 2.09 bits per heavy atom. The molecular weight excluding hydrogens is 293 g/mol. The van der Waals surface area contributed by atoms with E-state index in [0.717, 1.165) is 37.8 Å². The number of ether oxygens (including phenoxy) is 1. The number of hydrogen-bond acceptors (Lipinski definition) is 3. The van der Waals surface area contributed by atoms with Gasteiger partial charge in [0.15, 0.2) is 0 Å². The fraction of sp³-hybridized carbons (Fsp3) is 0.688. The summed E-state index contributed by atoms with van der Waals surface area (Å²) in [6.45, 7) is 4.92. The minimum Gasteiger partial charge on any atom is -0.378 e. The second-order valence-corrected chi connectivity index (χ2v) is 5.78. The molecule has 0 bridgehead atoms. The van der Waals surface area contributed by atoms with Crippen LogP contribution in [0.25, 0.3) is 0 Å². The minimum absolute atomic E-state index is 0.107. The van der Waals surface area contributed by atoms with Crippen molar-refractivity contribution in [1.29, 1.82) is 0 Å². The third-order valence-corrected chi connectivity index (χ3v) is 4.33. The fourth-order valence-electron chi connectivity index (χ4n) is 3.00. The number of aromatic nitrogens is 1. The van der Waals surface area contributed by atoms with E-state index in [0.29, 0.717) is 12.5 Å². The van der Waals surface area contributed by atoms with Gasteiger partial charge in [0.2, 0.25) is 0 Å². The lowest BCUT2D eigenvalue weighted by molar-refractivity contribution is -0.137. The lowest BCUT2D eigenvalue weighted by Gasteiger charge is -2.34. The molecular formula is C16H23F3N2O. The molecule has 1 N–H and O–H groups in total. The van der Waals surface area contributed by atoms with Crippen molar-refractivity contribution in [2.75, 3.05) is 11.9 Å². The maximum atomic E-state index is 12.7. The van der Waals surface area contributed by atoms with Crippen LogP contribution in [-0.4, -0.2) is 23.7 Å². The summed E-state index contributed by atoms with van der Waals surface area (Å²) in [4.78, 5) is 4.01. The molecule has 22 heavy (non-hydrogen) atoms. The molecule has 1 aromatic rings. The van der Waals surface area contributed by atoms with Crippen LogP contribution < -0.4 is 5.32 Å². The Bertz CT molecular complexity index is 475. The van der Waals surface area contributed by atoms with Crippen molar-refractivity contribution in [2.24, 2.45) is 5.92 Å². The van der Waals surface area contributed by atoms with Gasteiger partial charge in [0.1, 0.15) is 5.82 Å². The maximum Gasteiger partial charge on any atom is 0.416 e. The van der Waals surface area contributed by atoms with E-state index in [4.69, 9.17) is 4.74 Å². The molecule has 0 spiro atoms. The lowest BCUT2D eigenvalue weighted by atomic mass is 9.89. The largest absolute Gasteiger partial charge is 0.416 e. The fourth-order valence-corrected chi connectivity index (χ4v) is 3.00. The van der Waals surface area contributed by atoms with Gasteiger partial charge >= 0.3 is 6.18 Å². The van der Waals surface area contributed by atoms with Crippen molar-refractivity contribution in [3.63, 3.8) is 0 Å². The smallest absolute Gasteiger partial charge is 0.378 e. The van der Waals surface area contributed by atoms with Gasteiger partial charge in [-0.05, 0) is 30.9 Å². The predicted molar refractivity (Wildman–Crippen MR) is 79.7 cm³/mol. The van der Waals surface area contributed by atoms with Crippen molar-refractivity contribution < 1.29 is 17.9 Å². The van der Waals surface area contributed by atoms with Crippen LogP contribution in [0.4, 0.5) is 19.0 Å². The van der Waals surface area contributed by atoms with Crippen LogP contribution in [0.5, 0.6) is 0 Å². The van der Waals surface area contributed by atoms with Crippen molar-refractivity contribution in [2.45, 2.75) is 57.9 Å². The van der Waals surface area contributed by atoms with E-state index in [1.54, 1.807) is 0 Å². The molecule has 0 aliphatic carbocycles. The van der Waals surface area contributed by atoms with Gasteiger partial charge < -0.3 is 10.1 Å². The van der Waals surface area contributed by atoms with Crippen molar-refractivity contribution in [1.82, 2.24) is 4.98 Å². The first-order chi connectivity index (χ1) is 10.4. The Kier molecular flexibility index (Phi) is 5.67. The van der Waals surface area contributed by atoms with Crippen LogP contribution in [0.3, 0.4) is 0 Å². The summed E-state index contributed by atoms with van der Waals surface area (Å²) in [5.74, 6) is 0.782. The van der Waals surface area contributed by atoms with Crippen LogP contribution in [0.15, 0.2) is 18.3 Å². The normalized spacial score (nSPS) is 22.8. The lowest BCUT2D eigenvalue weighted by Crippen LogP contribution is -2.38. The summed E-state index contributed by atoms with van der Waals surface area (Å²) < 4.78 is 44.0. The van der Waals surface area contributed by atoms with E-state index in [-0.39, 0.29) is 18.0 Å². The van der Waals surface area contributed by atoms with Crippen LogP contribution >= 0.6 is 0 Å². The number of anilines is 1. The average molecular weight is 316 g/mol. The van der Waals surface area contributed by atoms with E-state index < -0.39 is 11.7 Å². The highest BCUT2D eigenvalue weighted by Gasteiger charge is 2.31. The number of nitrogens with zero attached hydrogens (tertiary/aromatic N) is 1. The van der Waals surface area contributed by atoms with E-state index in [1.807, 2.05) is 0 Å². The van der Waals surface area contributed by atoms with Crippen LogP contribution in [-0.2, 0) is 10.9 Å². The quantitative estimate of drug-likeness (QED) is 0.868. The van der Waals surface area contributed by atoms with Gasteiger partial charge in [-0.15, -0.1) is 0 Å². The molecule has 0 amide bonds. The number of nitrogens with one attached hydrogen (secondary N) is 1. The first kappa shape index (κ1) is 17.1. The number of rotatable bonds is 5. The summed E-state index contributed by atoms with van der Waals surface area (Å²) in [6, 6.07) is 2.17. The molecule has 1 saturated heterocycles. The molecule has 2 unspecified atom stereocenters.